The first-order chi connectivity index (χ1) is 7.21. The Morgan fingerprint density at radius 3 is 1.88 bits per heavy atom. The maximum Gasteiger partial charge on any atom is 0.422 e. The molecule has 0 radical (unpaired) electrons. The van der Waals surface area contributed by atoms with Crippen molar-refractivity contribution < 1.29 is 26.3 Å². The molecule has 0 aliphatic carbocycles. The van der Waals surface area contributed by atoms with Crippen LogP contribution in [0.15, 0.2) is 0 Å². The molecular formula is C7H3ClF6N2. The summed E-state index contributed by atoms with van der Waals surface area (Å²) < 4.78 is 75.3. The number of hydrogen-bond donors (Lipinski definition) is 2. The molecule has 0 heterocycles. The number of anilines is 1. The van der Waals surface area contributed by atoms with E-state index in [2.05, 4.69) is 5.84 Å². The lowest BCUT2D eigenvalue weighted by molar-refractivity contribution is -0.142. The van der Waals surface area contributed by atoms with Crippen LogP contribution in [-0.4, -0.2) is 0 Å². The van der Waals surface area contributed by atoms with Gasteiger partial charge in [0, 0.05) is 0 Å². The van der Waals surface area contributed by atoms with Crippen molar-refractivity contribution in [3.05, 3.63) is 28.0 Å². The summed E-state index contributed by atoms with van der Waals surface area (Å²) in [7, 11) is 0. The Kier molecular flexibility index (Phi) is 3.25. The van der Waals surface area contributed by atoms with E-state index in [0.29, 0.717) is 0 Å². The third-order valence-corrected chi connectivity index (χ3v) is 2.05. The number of nitrogens with one attached hydrogen (secondary N) is 1. The highest BCUT2D eigenvalue weighted by Crippen LogP contribution is 2.40. The van der Waals surface area contributed by atoms with Gasteiger partial charge in [0.25, 0.3) is 0 Å². The normalized spacial score (nSPS) is 11.8. The molecule has 0 spiro atoms. The standard InChI is InChI=1S/C7H3ClF6N2/c8-2-3(9)1(7(12,13)14)4(10)5(11)6(2)16-15/h16H,15H2. The molecule has 0 amide bonds. The number of hydrogen-bond acceptors (Lipinski definition) is 2. The van der Waals surface area contributed by atoms with E-state index in [1.165, 1.54) is 5.43 Å². The molecule has 0 aromatic heterocycles. The summed E-state index contributed by atoms with van der Waals surface area (Å²) in [5.41, 5.74) is -2.00. The SMILES string of the molecule is NNc1c(F)c(F)c(C(F)(F)F)c(F)c1Cl. The summed E-state index contributed by atoms with van der Waals surface area (Å²) in [5, 5.41) is -1.27. The highest BCUT2D eigenvalue weighted by Gasteiger charge is 2.41. The van der Waals surface area contributed by atoms with E-state index in [1.807, 2.05) is 0 Å². The summed E-state index contributed by atoms with van der Waals surface area (Å²) in [6.45, 7) is 0. The van der Waals surface area contributed by atoms with Crippen molar-refractivity contribution >= 4 is 17.3 Å². The third-order valence-electron chi connectivity index (χ3n) is 1.69. The van der Waals surface area contributed by atoms with E-state index in [1.54, 1.807) is 0 Å². The van der Waals surface area contributed by atoms with Crippen molar-refractivity contribution in [3.8, 4) is 0 Å². The first-order valence-corrected chi connectivity index (χ1v) is 3.99. The van der Waals surface area contributed by atoms with Crippen LogP contribution in [0.4, 0.5) is 32.0 Å². The first kappa shape index (κ1) is 12.9. The lowest BCUT2D eigenvalue weighted by atomic mass is 10.1. The van der Waals surface area contributed by atoms with Gasteiger partial charge < -0.3 is 5.43 Å². The number of hydrazine groups is 1. The molecule has 0 atom stereocenters. The summed E-state index contributed by atoms with van der Waals surface area (Å²) in [4.78, 5) is 0. The number of nitrogen functional groups attached to an aromatic ring is 1. The number of nitrogens with two attached hydrogens (primary N) is 1. The zero-order chi connectivity index (χ0) is 12.7. The molecule has 0 fully saturated rings. The highest BCUT2D eigenvalue weighted by molar-refractivity contribution is 6.33. The molecular weight excluding hydrogens is 262 g/mol. The van der Waals surface area contributed by atoms with Gasteiger partial charge in [-0.1, -0.05) is 11.6 Å². The monoisotopic (exact) mass is 264 g/mol. The van der Waals surface area contributed by atoms with Crippen LogP contribution in [0.5, 0.6) is 0 Å². The Labute approximate surface area is 90.0 Å². The zero-order valence-corrected chi connectivity index (χ0v) is 7.98. The van der Waals surface area contributed by atoms with E-state index in [0.717, 1.165) is 0 Å². The quantitative estimate of drug-likeness (QED) is 0.354. The topological polar surface area (TPSA) is 38.0 Å². The Morgan fingerprint density at radius 2 is 1.50 bits per heavy atom. The second kappa shape index (κ2) is 4.02. The Balaban J connectivity index is 3.67. The largest absolute Gasteiger partial charge is 0.422 e. The second-order valence-corrected chi connectivity index (χ2v) is 3.03. The minimum absolute atomic E-state index is 1.08. The van der Waals surface area contributed by atoms with Gasteiger partial charge in [-0.3, -0.25) is 5.84 Å². The van der Waals surface area contributed by atoms with E-state index in [-0.39, 0.29) is 0 Å². The van der Waals surface area contributed by atoms with Crippen LogP contribution in [-0.2, 0) is 6.18 Å². The number of benzene rings is 1. The van der Waals surface area contributed by atoms with Crippen molar-refractivity contribution in [2.45, 2.75) is 6.18 Å². The van der Waals surface area contributed by atoms with E-state index in [9.17, 15) is 26.3 Å². The minimum atomic E-state index is -5.40. The lowest BCUT2D eigenvalue weighted by Gasteiger charge is -2.14. The molecule has 0 unspecified atom stereocenters. The number of rotatable bonds is 1. The fourth-order valence-corrected chi connectivity index (χ4v) is 1.24. The van der Waals surface area contributed by atoms with Crippen molar-refractivity contribution in [1.29, 1.82) is 0 Å². The van der Waals surface area contributed by atoms with Gasteiger partial charge in [0.05, 0.1) is 0 Å². The molecule has 2 nitrogen and oxygen atoms in total. The molecule has 1 rings (SSSR count). The van der Waals surface area contributed by atoms with Gasteiger partial charge in [0.15, 0.2) is 17.5 Å². The fraction of sp³-hybridized carbons (Fsp3) is 0.143. The van der Waals surface area contributed by atoms with Crippen LogP contribution in [0, 0.1) is 17.5 Å². The van der Waals surface area contributed by atoms with Gasteiger partial charge >= 0.3 is 6.18 Å². The summed E-state index contributed by atoms with van der Waals surface area (Å²) in [6, 6.07) is 0. The van der Waals surface area contributed by atoms with E-state index >= 15 is 0 Å². The summed E-state index contributed by atoms with van der Waals surface area (Å²) in [6.07, 6.45) is -5.40. The second-order valence-electron chi connectivity index (χ2n) is 2.65. The van der Waals surface area contributed by atoms with Gasteiger partial charge in [-0.15, -0.1) is 0 Å². The predicted octanol–water partition coefficient (Wildman–Crippen LogP) is 3.06. The molecule has 0 aliphatic heterocycles. The lowest BCUT2D eigenvalue weighted by Crippen LogP contribution is -2.17. The van der Waals surface area contributed by atoms with Crippen LogP contribution in [0.3, 0.4) is 0 Å². The van der Waals surface area contributed by atoms with Crippen molar-refractivity contribution in [2.75, 3.05) is 5.43 Å². The molecule has 0 aliphatic rings. The Hall–Kier alpha value is -1.15. The van der Waals surface area contributed by atoms with Gasteiger partial charge in [0.2, 0.25) is 0 Å². The van der Waals surface area contributed by atoms with Crippen molar-refractivity contribution in [2.24, 2.45) is 5.84 Å². The molecule has 16 heavy (non-hydrogen) atoms. The Bertz CT molecular complexity index is 401. The number of alkyl halides is 3. The van der Waals surface area contributed by atoms with Crippen LogP contribution in [0.25, 0.3) is 0 Å². The molecule has 1 aromatic rings. The summed E-state index contributed by atoms with van der Waals surface area (Å²) in [5.74, 6) is -1.86. The van der Waals surface area contributed by atoms with Crippen LogP contribution in [0.2, 0.25) is 5.02 Å². The smallest absolute Gasteiger partial charge is 0.320 e. The highest BCUT2D eigenvalue weighted by atomic mass is 35.5. The minimum Gasteiger partial charge on any atom is -0.320 e. The first-order valence-electron chi connectivity index (χ1n) is 3.61. The molecule has 0 saturated carbocycles. The van der Waals surface area contributed by atoms with Gasteiger partial charge in [-0.2, -0.15) is 13.2 Å². The van der Waals surface area contributed by atoms with E-state index in [4.69, 9.17) is 11.6 Å². The zero-order valence-electron chi connectivity index (χ0n) is 7.22. The van der Waals surface area contributed by atoms with E-state index < -0.39 is 39.9 Å². The van der Waals surface area contributed by atoms with Crippen molar-refractivity contribution in [3.63, 3.8) is 0 Å². The maximum absolute atomic E-state index is 13.0. The molecule has 90 valence electrons. The average Bonchev–Trinajstić information content (AvgIpc) is 2.14. The molecule has 0 bridgehead atoms. The molecule has 3 N–H and O–H groups in total. The van der Waals surface area contributed by atoms with Crippen LogP contribution >= 0.6 is 11.6 Å². The third kappa shape index (κ3) is 1.90. The van der Waals surface area contributed by atoms with Gasteiger partial charge in [0.1, 0.15) is 16.3 Å². The molecule has 1 aromatic carbocycles. The maximum atomic E-state index is 13.0. The number of halogens is 7. The van der Waals surface area contributed by atoms with Crippen LogP contribution in [0.1, 0.15) is 5.56 Å². The molecule has 9 heteroatoms. The fourth-order valence-electron chi connectivity index (χ4n) is 1.01. The molecule has 0 saturated heterocycles. The summed E-state index contributed by atoms with van der Waals surface area (Å²) >= 11 is 5.06. The van der Waals surface area contributed by atoms with Crippen LogP contribution < -0.4 is 11.3 Å². The predicted molar refractivity (Wildman–Crippen MR) is 44.1 cm³/mol. The van der Waals surface area contributed by atoms with Gasteiger partial charge in [-0.05, 0) is 0 Å². The van der Waals surface area contributed by atoms with Crippen molar-refractivity contribution in [1.82, 2.24) is 0 Å². The Morgan fingerprint density at radius 1 is 1.00 bits per heavy atom. The average molecular weight is 265 g/mol. The van der Waals surface area contributed by atoms with Gasteiger partial charge in [-0.25, -0.2) is 13.2 Å².